The van der Waals surface area contributed by atoms with Crippen LogP contribution in [0.3, 0.4) is 0 Å². The monoisotopic (exact) mass is 142 g/mol. The molecule has 60 valence electrons. The van der Waals surface area contributed by atoms with Crippen molar-refractivity contribution in [3.8, 4) is 0 Å². The van der Waals surface area contributed by atoms with Crippen LogP contribution in [0, 0.1) is 11.3 Å². The van der Waals surface area contributed by atoms with Gasteiger partial charge >= 0.3 is 0 Å². The zero-order chi connectivity index (χ0) is 9.41. The summed E-state index contributed by atoms with van der Waals surface area (Å²) in [4.78, 5) is 0. The summed E-state index contributed by atoms with van der Waals surface area (Å²) in [5.74, 6) is 0.297. The van der Waals surface area contributed by atoms with Crippen molar-refractivity contribution >= 4 is 0 Å². The molecular weight excluding hydrogens is 120 g/mol. The summed E-state index contributed by atoms with van der Waals surface area (Å²) < 4.78 is 15.2. The van der Waals surface area contributed by atoms with Crippen LogP contribution in [0.1, 0.15) is 55.6 Å². The lowest BCUT2D eigenvalue weighted by Crippen LogP contribution is -2.20. The van der Waals surface area contributed by atoms with Crippen LogP contribution in [0.15, 0.2) is 0 Å². The van der Waals surface area contributed by atoms with Gasteiger partial charge < -0.3 is 0 Å². The highest BCUT2D eigenvalue weighted by Gasteiger charge is 2.25. The Bertz CT molecular complexity index is 146. The van der Waals surface area contributed by atoms with Crippen molar-refractivity contribution in [2.75, 3.05) is 0 Å². The SMILES string of the molecule is [2H]C([2H])(C)C1CCC(C)(C)CC1. The fourth-order valence-corrected chi connectivity index (χ4v) is 1.69. The van der Waals surface area contributed by atoms with E-state index in [1.807, 2.05) is 0 Å². The first-order valence-electron chi connectivity index (χ1n) is 5.31. The third kappa shape index (κ3) is 2.00. The zero-order valence-electron chi connectivity index (χ0n) is 9.41. The molecule has 0 radical (unpaired) electrons. The minimum absolute atomic E-state index is 0.297. The van der Waals surface area contributed by atoms with Crippen LogP contribution in [0.2, 0.25) is 0 Å². The zero-order valence-corrected chi connectivity index (χ0v) is 7.41. The van der Waals surface area contributed by atoms with E-state index in [2.05, 4.69) is 13.8 Å². The van der Waals surface area contributed by atoms with E-state index in [0.717, 1.165) is 12.8 Å². The summed E-state index contributed by atoms with van der Waals surface area (Å²) >= 11 is 0. The van der Waals surface area contributed by atoms with Crippen molar-refractivity contribution in [2.45, 2.75) is 52.8 Å². The lowest BCUT2D eigenvalue weighted by molar-refractivity contribution is 0.188. The van der Waals surface area contributed by atoms with Crippen molar-refractivity contribution in [3.63, 3.8) is 0 Å². The molecule has 0 atom stereocenters. The average molecular weight is 142 g/mol. The molecule has 0 N–H and O–H groups in total. The van der Waals surface area contributed by atoms with Crippen molar-refractivity contribution < 1.29 is 2.74 Å². The van der Waals surface area contributed by atoms with Crippen LogP contribution in [0.25, 0.3) is 0 Å². The molecule has 0 aromatic rings. The van der Waals surface area contributed by atoms with Gasteiger partial charge in [-0.05, 0) is 37.0 Å². The van der Waals surface area contributed by atoms with Gasteiger partial charge in [-0.2, -0.15) is 0 Å². The molecule has 1 saturated carbocycles. The molecule has 0 amide bonds. The molecule has 1 aliphatic rings. The van der Waals surface area contributed by atoms with Crippen LogP contribution < -0.4 is 0 Å². The lowest BCUT2D eigenvalue weighted by Gasteiger charge is -2.33. The second kappa shape index (κ2) is 2.94. The Balaban J connectivity index is 2.47. The van der Waals surface area contributed by atoms with E-state index < -0.39 is 6.37 Å². The first kappa shape index (κ1) is 5.62. The number of hydrogen-bond donors (Lipinski definition) is 0. The first-order valence-corrected chi connectivity index (χ1v) is 4.31. The second-order valence-electron chi connectivity index (χ2n) is 4.23. The average Bonchev–Trinajstić information content (AvgIpc) is 1.83. The van der Waals surface area contributed by atoms with E-state index in [1.165, 1.54) is 12.8 Å². The van der Waals surface area contributed by atoms with Crippen molar-refractivity contribution in [1.29, 1.82) is 0 Å². The highest BCUT2D eigenvalue weighted by molar-refractivity contribution is 4.77. The molecule has 1 rings (SSSR count). The molecule has 0 aromatic carbocycles. The molecule has 0 aliphatic heterocycles. The van der Waals surface area contributed by atoms with Gasteiger partial charge in [-0.3, -0.25) is 0 Å². The summed E-state index contributed by atoms with van der Waals surface area (Å²) in [6.07, 6.45) is 3.54. The molecule has 0 unspecified atom stereocenters. The smallest absolute Gasteiger partial charge is 0.0267 e. The van der Waals surface area contributed by atoms with Crippen LogP contribution in [-0.2, 0) is 0 Å². The largest absolute Gasteiger partial charge is 0.0651 e. The van der Waals surface area contributed by atoms with Crippen LogP contribution >= 0.6 is 0 Å². The Morgan fingerprint density at radius 1 is 1.40 bits per heavy atom. The van der Waals surface area contributed by atoms with E-state index in [-0.39, 0.29) is 0 Å². The predicted octanol–water partition coefficient (Wildman–Crippen LogP) is 3.61. The minimum Gasteiger partial charge on any atom is -0.0651 e. The highest BCUT2D eigenvalue weighted by atomic mass is 14.3. The highest BCUT2D eigenvalue weighted by Crippen LogP contribution is 2.38. The Morgan fingerprint density at radius 2 is 1.90 bits per heavy atom. The van der Waals surface area contributed by atoms with Gasteiger partial charge in [0, 0.05) is 2.74 Å². The summed E-state index contributed by atoms with van der Waals surface area (Å²) in [5.41, 5.74) is 0.460. The summed E-state index contributed by atoms with van der Waals surface area (Å²) in [6.45, 7) is 6.29. The van der Waals surface area contributed by atoms with Gasteiger partial charge in [0.25, 0.3) is 0 Å². The lowest BCUT2D eigenvalue weighted by atomic mass is 9.72. The van der Waals surface area contributed by atoms with Crippen LogP contribution in [-0.4, -0.2) is 0 Å². The van der Waals surface area contributed by atoms with Gasteiger partial charge in [0.1, 0.15) is 0 Å². The normalized spacial score (nSPS) is 31.1. The topological polar surface area (TPSA) is 0 Å². The molecule has 0 spiro atoms. The maximum atomic E-state index is 7.62. The van der Waals surface area contributed by atoms with E-state index in [1.54, 1.807) is 6.92 Å². The standard InChI is InChI=1S/C10H20/c1-4-9-5-7-10(2,3)8-6-9/h9H,4-8H2,1-3H3/i4D2. The Morgan fingerprint density at radius 3 is 2.30 bits per heavy atom. The number of rotatable bonds is 1. The number of hydrogen-bond acceptors (Lipinski definition) is 0. The molecule has 0 saturated heterocycles. The minimum atomic E-state index is -0.962. The second-order valence-corrected chi connectivity index (χ2v) is 4.23. The third-order valence-corrected chi connectivity index (χ3v) is 2.75. The Hall–Kier alpha value is 0. The van der Waals surface area contributed by atoms with Crippen molar-refractivity contribution in [1.82, 2.24) is 0 Å². The maximum absolute atomic E-state index is 7.62. The molecule has 1 fully saturated rings. The molecule has 10 heavy (non-hydrogen) atoms. The third-order valence-electron chi connectivity index (χ3n) is 2.75. The van der Waals surface area contributed by atoms with Crippen LogP contribution in [0.4, 0.5) is 0 Å². The van der Waals surface area contributed by atoms with E-state index in [9.17, 15) is 0 Å². The fraction of sp³-hybridized carbons (Fsp3) is 1.00. The molecule has 1 aliphatic carbocycles. The Labute approximate surface area is 67.8 Å². The van der Waals surface area contributed by atoms with Gasteiger partial charge in [-0.15, -0.1) is 0 Å². The van der Waals surface area contributed by atoms with Gasteiger partial charge in [0.2, 0.25) is 0 Å². The van der Waals surface area contributed by atoms with Crippen molar-refractivity contribution in [2.24, 2.45) is 11.3 Å². The molecule has 0 aromatic heterocycles. The molecule has 0 bridgehead atoms. The van der Waals surface area contributed by atoms with E-state index >= 15 is 0 Å². The molecule has 0 heterocycles. The van der Waals surface area contributed by atoms with Gasteiger partial charge in [-0.1, -0.05) is 27.1 Å². The predicted molar refractivity (Wildman–Crippen MR) is 46.0 cm³/mol. The van der Waals surface area contributed by atoms with Gasteiger partial charge in [-0.25, -0.2) is 0 Å². The summed E-state index contributed by atoms with van der Waals surface area (Å²) in [6, 6.07) is 0. The van der Waals surface area contributed by atoms with Crippen LogP contribution in [0.5, 0.6) is 0 Å². The first-order chi connectivity index (χ1) is 5.31. The summed E-state index contributed by atoms with van der Waals surface area (Å²) in [7, 11) is 0. The summed E-state index contributed by atoms with van der Waals surface area (Å²) in [5, 5.41) is 0. The van der Waals surface area contributed by atoms with E-state index in [0.29, 0.717) is 11.3 Å². The molecule has 0 nitrogen and oxygen atoms in total. The molecular formula is C10H20. The van der Waals surface area contributed by atoms with E-state index in [4.69, 9.17) is 2.74 Å². The maximum Gasteiger partial charge on any atom is 0.0267 e. The van der Waals surface area contributed by atoms with Gasteiger partial charge in [0.05, 0.1) is 0 Å². The van der Waals surface area contributed by atoms with Gasteiger partial charge in [0.15, 0.2) is 0 Å². The molecule has 0 heteroatoms. The Kier molecular flexibility index (Phi) is 1.65. The quantitative estimate of drug-likeness (QED) is 0.524. The van der Waals surface area contributed by atoms with Crippen molar-refractivity contribution in [3.05, 3.63) is 0 Å². The fourth-order valence-electron chi connectivity index (χ4n) is 1.69.